The summed E-state index contributed by atoms with van der Waals surface area (Å²) < 4.78 is 41.5. The molecule has 0 fully saturated rings. The molecule has 0 saturated heterocycles. The summed E-state index contributed by atoms with van der Waals surface area (Å²) in [7, 11) is 0. The van der Waals surface area contributed by atoms with Gasteiger partial charge in [-0.15, -0.1) is 12.4 Å². The van der Waals surface area contributed by atoms with E-state index in [1.165, 1.54) is 12.1 Å². The summed E-state index contributed by atoms with van der Waals surface area (Å²) in [5.41, 5.74) is 0.925. The maximum Gasteiger partial charge on any atom is 0.416 e. The van der Waals surface area contributed by atoms with Crippen molar-refractivity contribution in [1.29, 1.82) is 0 Å². The first-order chi connectivity index (χ1) is 13.5. The van der Waals surface area contributed by atoms with Crippen molar-refractivity contribution in [3.63, 3.8) is 0 Å². The smallest absolute Gasteiger partial charge is 0.336 e. The van der Waals surface area contributed by atoms with Crippen LogP contribution in [-0.2, 0) is 12.7 Å². The lowest BCUT2D eigenvalue weighted by Crippen LogP contribution is -2.34. The molecule has 0 amide bonds. The molecule has 0 saturated carbocycles. The van der Waals surface area contributed by atoms with E-state index in [4.69, 9.17) is 0 Å². The third kappa shape index (κ3) is 4.62. The molecule has 29 heavy (non-hydrogen) atoms. The molecule has 0 N–H and O–H groups in total. The van der Waals surface area contributed by atoms with Crippen molar-refractivity contribution in [2.45, 2.75) is 18.6 Å². The fraction of sp³-hybridized carbons (Fsp3) is 0.238. The highest BCUT2D eigenvalue weighted by molar-refractivity contribution is 6.03. The van der Waals surface area contributed by atoms with Gasteiger partial charge in [-0.1, -0.05) is 36.4 Å². The highest BCUT2D eigenvalue weighted by atomic mass is 35.5. The molecular weight excluding hydrogens is 401 g/mol. The summed E-state index contributed by atoms with van der Waals surface area (Å²) in [5, 5.41) is 0. The number of nitrogens with zero attached hydrogens (tertiary/aromatic N) is 4. The number of benzene rings is 2. The van der Waals surface area contributed by atoms with Gasteiger partial charge in [-0.25, -0.2) is 4.98 Å². The molecule has 1 aliphatic heterocycles. The van der Waals surface area contributed by atoms with Crippen molar-refractivity contribution in [2.75, 3.05) is 18.0 Å². The maximum absolute atomic E-state index is 13.2. The molecule has 1 aliphatic rings. The number of hydrogen-bond acceptors (Lipinski definition) is 3. The van der Waals surface area contributed by atoms with Crippen LogP contribution in [0.15, 0.2) is 78.3 Å². The summed E-state index contributed by atoms with van der Waals surface area (Å²) >= 11 is 0. The van der Waals surface area contributed by atoms with Crippen LogP contribution in [0.5, 0.6) is 0 Å². The standard InChI is InChI=1S/C21H19F3N4.ClH/c22-21(23,24)17-7-4-8-18(13-17)28-12-10-26-20(28)19(14-27-11-9-25-15-27)16-5-2-1-3-6-16;/h1-9,11,13,15,19H,10,12,14H2;1H. The molecule has 0 aliphatic carbocycles. The molecule has 1 atom stereocenters. The Morgan fingerprint density at radius 1 is 1.03 bits per heavy atom. The van der Waals surface area contributed by atoms with Crippen LogP contribution in [0.4, 0.5) is 18.9 Å². The zero-order valence-electron chi connectivity index (χ0n) is 15.5. The SMILES string of the molecule is Cl.FC(F)(F)c1cccc(N2CCN=C2C(Cn2ccnc2)c2ccccc2)c1. The van der Waals surface area contributed by atoms with Gasteiger partial charge in [0.1, 0.15) is 5.84 Å². The zero-order valence-corrected chi connectivity index (χ0v) is 16.3. The first-order valence-corrected chi connectivity index (χ1v) is 9.02. The van der Waals surface area contributed by atoms with E-state index in [1.807, 2.05) is 46.0 Å². The number of amidine groups is 1. The molecule has 0 spiro atoms. The highest BCUT2D eigenvalue weighted by Crippen LogP contribution is 2.34. The third-order valence-corrected chi connectivity index (χ3v) is 4.83. The van der Waals surface area contributed by atoms with Crippen LogP contribution in [0.3, 0.4) is 0 Å². The molecule has 4 nitrogen and oxygen atoms in total. The summed E-state index contributed by atoms with van der Waals surface area (Å²) in [5.74, 6) is 0.687. The molecule has 1 unspecified atom stereocenters. The number of aliphatic imine (C=N–C) groups is 1. The van der Waals surface area contributed by atoms with Crippen LogP contribution in [0, 0.1) is 0 Å². The first kappa shape index (κ1) is 20.9. The molecule has 2 aromatic carbocycles. The molecule has 8 heteroatoms. The van der Waals surface area contributed by atoms with Crippen LogP contribution in [0.2, 0.25) is 0 Å². The van der Waals surface area contributed by atoms with E-state index in [2.05, 4.69) is 9.98 Å². The van der Waals surface area contributed by atoms with E-state index in [0.717, 1.165) is 17.5 Å². The third-order valence-electron chi connectivity index (χ3n) is 4.83. The van der Waals surface area contributed by atoms with Crippen molar-refractivity contribution in [3.8, 4) is 0 Å². The van der Waals surface area contributed by atoms with Crippen LogP contribution < -0.4 is 4.90 Å². The van der Waals surface area contributed by atoms with Gasteiger partial charge in [0.25, 0.3) is 0 Å². The highest BCUT2D eigenvalue weighted by Gasteiger charge is 2.33. The van der Waals surface area contributed by atoms with Gasteiger partial charge in [-0.2, -0.15) is 13.2 Å². The lowest BCUT2D eigenvalue weighted by Gasteiger charge is -2.28. The number of anilines is 1. The Balaban J connectivity index is 0.00000240. The van der Waals surface area contributed by atoms with Crippen LogP contribution >= 0.6 is 12.4 Å². The largest absolute Gasteiger partial charge is 0.416 e. The van der Waals surface area contributed by atoms with Gasteiger partial charge in [-0.05, 0) is 23.8 Å². The van der Waals surface area contributed by atoms with E-state index in [0.29, 0.717) is 25.3 Å². The molecule has 152 valence electrons. The Bertz CT molecular complexity index is 956. The van der Waals surface area contributed by atoms with Gasteiger partial charge in [-0.3, -0.25) is 4.99 Å². The van der Waals surface area contributed by atoms with Crippen molar-refractivity contribution in [3.05, 3.63) is 84.4 Å². The van der Waals surface area contributed by atoms with Gasteiger partial charge in [0.05, 0.1) is 24.4 Å². The van der Waals surface area contributed by atoms with Crippen molar-refractivity contribution < 1.29 is 13.2 Å². The normalized spacial score (nSPS) is 15.0. The summed E-state index contributed by atoms with van der Waals surface area (Å²) in [6.45, 7) is 1.72. The van der Waals surface area contributed by atoms with Crippen molar-refractivity contribution in [1.82, 2.24) is 9.55 Å². The van der Waals surface area contributed by atoms with Gasteiger partial charge < -0.3 is 9.47 Å². The van der Waals surface area contributed by atoms with E-state index >= 15 is 0 Å². The predicted molar refractivity (Wildman–Crippen MR) is 110 cm³/mol. The Labute approximate surface area is 173 Å². The first-order valence-electron chi connectivity index (χ1n) is 9.02. The quantitative estimate of drug-likeness (QED) is 0.580. The molecule has 2 heterocycles. The summed E-state index contributed by atoms with van der Waals surface area (Å²) in [6, 6.07) is 15.3. The number of halogens is 4. The molecule has 1 aromatic heterocycles. The molecule has 0 bridgehead atoms. The second kappa shape index (κ2) is 8.69. The molecular formula is C21H20ClF3N4. The van der Waals surface area contributed by atoms with Gasteiger partial charge >= 0.3 is 6.18 Å². The fourth-order valence-corrected chi connectivity index (χ4v) is 3.50. The van der Waals surface area contributed by atoms with E-state index in [9.17, 15) is 13.2 Å². The molecule has 4 rings (SSSR count). The van der Waals surface area contributed by atoms with Gasteiger partial charge in [0, 0.05) is 31.2 Å². The fourth-order valence-electron chi connectivity index (χ4n) is 3.50. The lowest BCUT2D eigenvalue weighted by molar-refractivity contribution is -0.137. The minimum Gasteiger partial charge on any atom is -0.336 e. The molecule has 0 radical (unpaired) electrons. The minimum atomic E-state index is -4.37. The minimum absolute atomic E-state index is 0. The Kier molecular flexibility index (Phi) is 6.27. The van der Waals surface area contributed by atoms with E-state index in [-0.39, 0.29) is 18.3 Å². The van der Waals surface area contributed by atoms with Gasteiger partial charge in [0.15, 0.2) is 0 Å². The number of hydrogen-bond donors (Lipinski definition) is 0. The summed E-state index contributed by atoms with van der Waals surface area (Å²) in [6.07, 6.45) is 0.950. The number of alkyl halides is 3. The summed E-state index contributed by atoms with van der Waals surface area (Å²) in [4.78, 5) is 10.7. The van der Waals surface area contributed by atoms with Crippen LogP contribution in [0.25, 0.3) is 0 Å². The van der Waals surface area contributed by atoms with Crippen molar-refractivity contribution in [2.24, 2.45) is 4.99 Å². The van der Waals surface area contributed by atoms with Gasteiger partial charge in [0.2, 0.25) is 0 Å². The van der Waals surface area contributed by atoms with E-state index in [1.54, 1.807) is 18.6 Å². The molecule has 3 aromatic rings. The second-order valence-corrected chi connectivity index (χ2v) is 6.66. The van der Waals surface area contributed by atoms with Crippen LogP contribution in [0.1, 0.15) is 17.0 Å². The monoisotopic (exact) mass is 420 g/mol. The number of aromatic nitrogens is 2. The number of rotatable bonds is 5. The zero-order chi connectivity index (χ0) is 19.6. The average Bonchev–Trinajstić information content (AvgIpc) is 3.38. The Morgan fingerprint density at radius 3 is 2.52 bits per heavy atom. The Hall–Kier alpha value is -2.80. The average molecular weight is 421 g/mol. The predicted octanol–water partition coefficient (Wildman–Crippen LogP) is 5.03. The maximum atomic E-state index is 13.2. The Morgan fingerprint density at radius 2 is 1.83 bits per heavy atom. The van der Waals surface area contributed by atoms with E-state index < -0.39 is 11.7 Å². The van der Waals surface area contributed by atoms with Crippen molar-refractivity contribution >= 4 is 23.9 Å². The van der Waals surface area contributed by atoms with Crippen LogP contribution in [-0.4, -0.2) is 28.5 Å². The number of imidazole rings is 1. The second-order valence-electron chi connectivity index (χ2n) is 6.66. The lowest BCUT2D eigenvalue weighted by atomic mass is 9.96. The topological polar surface area (TPSA) is 33.4 Å².